The topological polar surface area (TPSA) is 133 Å². The SMILES string of the molecule is CCN(CCC(=O)O)C(=O)c1cc(NC(C)=O)ccc1NS(C)(=O)=O. The minimum absolute atomic E-state index is 0.0175. The van der Waals surface area contributed by atoms with Crippen LogP contribution in [0.25, 0.3) is 0 Å². The summed E-state index contributed by atoms with van der Waals surface area (Å²) < 4.78 is 25.3. The van der Waals surface area contributed by atoms with Crippen molar-refractivity contribution in [3.05, 3.63) is 23.8 Å². The third-order valence-corrected chi connectivity index (χ3v) is 3.72. The molecular weight excluding hydrogens is 350 g/mol. The minimum Gasteiger partial charge on any atom is -0.481 e. The average Bonchev–Trinajstić information content (AvgIpc) is 2.47. The van der Waals surface area contributed by atoms with Crippen LogP contribution in [-0.4, -0.2) is 55.6 Å². The Morgan fingerprint density at radius 1 is 1.24 bits per heavy atom. The van der Waals surface area contributed by atoms with Crippen molar-refractivity contribution < 1.29 is 27.9 Å². The standard InChI is InChI=1S/C15H21N3O6S/c1-4-18(8-7-14(20)21)15(22)12-9-11(16-10(2)19)5-6-13(12)17-25(3,23)24/h5-6,9,17H,4,7-8H2,1-3H3,(H,16,19)(H,20,21). The van der Waals surface area contributed by atoms with E-state index in [4.69, 9.17) is 5.11 Å². The van der Waals surface area contributed by atoms with E-state index in [0.717, 1.165) is 6.26 Å². The molecule has 0 bridgehead atoms. The summed E-state index contributed by atoms with van der Waals surface area (Å²) in [6.45, 7) is 3.21. The van der Waals surface area contributed by atoms with Gasteiger partial charge in [0.05, 0.1) is 23.9 Å². The lowest BCUT2D eigenvalue weighted by Gasteiger charge is -2.22. The zero-order valence-corrected chi connectivity index (χ0v) is 15.0. The van der Waals surface area contributed by atoms with Crippen LogP contribution < -0.4 is 10.0 Å². The maximum Gasteiger partial charge on any atom is 0.305 e. The van der Waals surface area contributed by atoms with Gasteiger partial charge in [0.1, 0.15) is 0 Å². The van der Waals surface area contributed by atoms with E-state index in [2.05, 4.69) is 10.0 Å². The molecule has 0 unspecified atom stereocenters. The Labute approximate surface area is 146 Å². The van der Waals surface area contributed by atoms with Crippen molar-refractivity contribution in [3.8, 4) is 0 Å². The van der Waals surface area contributed by atoms with E-state index in [1.165, 1.54) is 30.0 Å². The molecule has 0 saturated heterocycles. The van der Waals surface area contributed by atoms with Crippen LogP contribution in [0.3, 0.4) is 0 Å². The van der Waals surface area contributed by atoms with Gasteiger partial charge in [-0.1, -0.05) is 0 Å². The van der Waals surface area contributed by atoms with Crippen molar-refractivity contribution in [1.29, 1.82) is 0 Å². The van der Waals surface area contributed by atoms with Gasteiger partial charge in [-0.15, -0.1) is 0 Å². The predicted octanol–water partition coefficient (Wildman–Crippen LogP) is 0.953. The van der Waals surface area contributed by atoms with Crippen molar-refractivity contribution >= 4 is 39.2 Å². The molecular formula is C15H21N3O6S. The lowest BCUT2D eigenvalue weighted by atomic mass is 10.1. The molecule has 138 valence electrons. The number of rotatable bonds is 8. The highest BCUT2D eigenvalue weighted by molar-refractivity contribution is 7.92. The van der Waals surface area contributed by atoms with E-state index < -0.39 is 21.9 Å². The number of benzene rings is 1. The Bertz CT molecular complexity index is 775. The maximum absolute atomic E-state index is 12.7. The highest BCUT2D eigenvalue weighted by atomic mass is 32.2. The van der Waals surface area contributed by atoms with Gasteiger partial charge in [0.15, 0.2) is 0 Å². The van der Waals surface area contributed by atoms with Gasteiger partial charge in [-0.3, -0.25) is 19.1 Å². The number of hydrogen-bond donors (Lipinski definition) is 3. The number of carbonyl (C=O) groups is 3. The van der Waals surface area contributed by atoms with Gasteiger partial charge < -0.3 is 15.3 Å². The normalized spacial score (nSPS) is 10.8. The van der Waals surface area contributed by atoms with Crippen LogP contribution in [0.1, 0.15) is 30.6 Å². The molecule has 0 atom stereocenters. The third-order valence-electron chi connectivity index (χ3n) is 3.13. The first-order valence-corrected chi connectivity index (χ1v) is 9.33. The van der Waals surface area contributed by atoms with Crippen molar-refractivity contribution in [3.63, 3.8) is 0 Å². The van der Waals surface area contributed by atoms with Crippen LogP contribution in [-0.2, 0) is 19.6 Å². The minimum atomic E-state index is -3.63. The summed E-state index contributed by atoms with van der Waals surface area (Å²) in [7, 11) is -3.63. The predicted molar refractivity (Wildman–Crippen MR) is 93.0 cm³/mol. The molecule has 0 aliphatic heterocycles. The summed E-state index contributed by atoms with van der Waals surface area (Å²) in [5.74, 6) is -1.93. The fourth-order valence-corrected chi connectivity index (χ4v) is 2.67. The lowest BCUT2D eigenvalue weighted by molar-refractivity contribution is -0.137. The first-order chi connectivity index (χ1) is 11.5. The van der Waals surface area contributed by atoms with Crippen LogP contribution in [0.5, 0.6) is 0 Å². The zero-order chi connectivity index (χ0) is 19.2. The van der Waals surface area contributed by atoms with Gasteiger partial charge in [0.2, 0.25) is 15.9 Å². The van der Waals surface area contributed by atoms with Crippen molar-refractivity contribution in [2.24, 2.45) is 0 Å². The zero-order valence-electron chi connectivity index (χ0n) is 14.2. The number of nitrogens with one attached hydrogen (secondary N) is 2. The van der Waals surface area contributed by atoms with Gasteiger partial charge in [0, 0.05) is 25.7 Å². The molecule has 1 rings (SSSR count). The molecule has 9 nitrogen and oxygen atoms in total. The Morgan fingerprint density at radius 3 is 2.36 bits per heavy atom. The molecule has 0 radical (unpaired) electrons. The summed E-state index contributed by atoms with van der Waals surface area (Å²) in [4.78, 5) is 35.9. The highest BCUT2D eigenvalue weighted by Crippen LogP contribution is 2.23. The maximum atomic E-state index is 12.7. The molecule has 0 heterocycles. The third kappa shape index (κ3) is 6.79. The highest BCUT2D eigenvalue weighted by Gasteiger charge is 2.21. The molecule has 1 aromatic carbocycles. The molecule has 10 heteroatoms. The van der Waals surface area contributed by atoms with E-state index in [9.17, 15) is 22.8 Å². The number of hydrogen-bond acceptors (Lipinski definition) is 5. The molecule has 0 aliphatic rings. The molecule has 0 fully saturated rings. The van der Waals surface area contributed by atoms with Gasteiger partial charge in [-0.05, 0) is 25.1 Å². The van der Waals surface area contributed by atoms with Gasteiger partial charge in [-0.2, -0.15) is 0 Å². The molecule has 1 aromatic rings. The van der Waals surface area contributed by atoms with Crippen molar-refractivity contribution in [2.45, 2.75) is 20.3 Å². The summed E-state index contributed by atoms with van der Waals surface area (Å²) >= 11 is 0. The number of aliphatic carboxylic acids is 1. The van der Waals surface area contributed by atoms with Gasteiger partial charge in [0.25, 0.3) is 5.91 Å². The van der Waals surface area contributed by atoms with E-state index in [0.29, 0.717) is 5.69 Å². The van der Waals surface area contributed by atoms with Gasteiger partial charge >= 0.3 is 5.97 Å². The van der Waals surface area contributed by atoms with E-state index in [-0.39, 0.29) is 36.7 Å². The molecule has 0 aromatic heterocycles. The first kappa shape index (κ1) is 20.4. The number of nitrogens with zero attached hydrogens (tertiary/aromatic N) is 1. The Balaban J connectivity index is 3.27. The summed E-state index contributed by atoms with van der Waals surface area (Å²) in [5, 5.41) is 11.3. The lowest BCUT2D eigenvalue weighted by Crippen LogP contribution is -2.33. The van der Waals surface area contributed by atoms with E-state index in [1.54, 1.807) is 6.92 Å². The number of carbonyl (C=O) groups excluding carboxylic acids is 2. The summed E-state index contributed by atoms with van der Waals surface area (Å²) in [5.41, 5.74) is 0.392. The number of carboxylic acid groups (broad SMARTS) is 1. The fraction of sp³-hybridized carbons (Fsp3) is 0.400. The largest absolute Gasteiger partial charge is 0.481 e. The van der Waals surface area contributed by atoms with E-state index in [1.807, 2.05) is 0 Å². The monoisotopic (exact) mass is 371 g/mol. The smallest absolute Gasteiger partial charge is 0.305 e. The molecule has 25 heavy (non-hydrogen) atoms. The molecule has 0 spiro atoms. The molecule has 0 saturated carbocycles. The molecule has 0 aliphatic carbocycles. The number of carboxylic acids is 1. The summed E-state index contributed by atoms with van der Waals surface area (Å²) in [6.07, 6.45) is 0.713. The van der Waals surface area contributed by atoms with Crippen LogP contribution in [0, 0.1) is 0 Å². The van der Waals surface area contributed by atoms with Crippen LogP contribution in [0.15, 0.2) is 18.2 Å². The van der Waals surface area contributed by atoms with Gasteiger partial charge in [-0.25, -0.2) is 8.42 Å². The van der Waals surface area contributed by atoms with Crippen LogP contribution >= 0.6 is 0 Å². The number of anilines is 2. The molecule has 2 amide bonds. The fourth-order valence-electron chi connectivity index (χ4n) is 2.10. The number of amides is 2. The van der Waals surface area contributed by atoms with Crippen LogP contribution in [0.2, 0.25) is 0 Å². The average molecular weight is 371 g/mol. The van der Waals surface area contributed by atoms with Crippen molar-refractivity contribution in [2.75, 3.05) is 29.4 Å². The second-order valence-electron chi connectivity index (χ2n) is 5.34. The Morgan fingerprint density at radius 2 is 1.88 bits per heavy atom. The number of sulfonamides is 1. The second-order valence-corrected chi connectivity index (χ2v) is 7.09. The van der Waals surface area contributed by atoms with E-state index >= 15 is 0 Å². The Kier molecular flexibility index (Phi) is 6.92. The Hall–Kier alpha value is -2.62. The first-order valence-electron chi connectivity index (χ1n) is 7.44. The molecule has 3 N–H and O–H groups in total. The van der Waals surface area contributed by atoms with Crippen molar-refractivity contribution in [1.82, 2.24) is 4.90 Å². The summed E-state index contributed by atoms with van der Waals surface area (Å²) in [6, 6.07) is 4.17. The second kappa shape index (κ2) is 8.47. The quantitative estimate of drug-likeness (QED) is 0.623. The van der Waals surface area contributed by atoms with Crippen LogP contribution in [0.4, 0.5) is 11.4 Å².